The fourth-order valence-electron chi connectivity index (χ4n) is 1.65. The van der Waals surface area contributed by atoms with Gasteiger partial charge in [0.1, 0.15) is 12.6 Å². The zero-order valence-corrected chi connectivity index (χ0v) is 12.9. The van der Waals surface area contributed by atoms with E-state index in [9.17, 15) is 19.5 Å². The van der Waals surface area contributed by atoms with Gasteiger partial charge >= 0.3 is 12.0 Å². The SMILES string of the molecule is CC(O)[C@H](N)c1noc([C@H](CCC(N)=O)NC(=O)NCC(=O)O)n1. The Balaban J connectivity index is 2.83. The highest BCUT2D eigenvalue weighted by Crippen LogP contribution is 2.19. The van der Waals surface area contributed by atoms with Crippen LogP contribution in [0.15, 0.2) is 4.52 Å². The molecule has 0 aliphatic rings. The maximum absolute atomic E-state index is 11.7. The van der Waals surface area contributed by atoms with Crippen LogP contribution in [0.5, 0.6) is 0 Å². The number of hydrogen-bond acceptors (Lipinski definition) is 8. The molecule has 1 rings (SSSR count). The van der Waals surface area contributed by atoms with Crippen molar-refractivity contribution in [3.05, 3.63) is 11.7 Å². The van der Waals surface area contributed by atoms with Gasteiger partial charge in [0.2, 0.25) is 11.8 Å². The van der Waals surface area contributed by atoms with Gasteiger partial charge in [-0.05, 0) is 13.3 Å². The number of carboxylic acid groups (broad SMARTS) is 1. The molecule has 3 amide bonds. The van der Waals surface area contributed by atoms with Gasteiger partial charge in [-0.15, -0.1) is 0 Å². The average molecular weight is 344 g/mol. The van der Waals surface area contributed by atoms with Crippen LogP contribution in [0, 0.1) is 0 Å². The zero-order valence-electron chi connectivity index (χ0n) is 12.9. The number of nitrogens with zero attached hydrogens (tertiary/aromatic N) is 2. The van der Waals surface area contributed by atoms with Crippen LogP contribution in [0.4, 0.5) is 4.79 Å². The van der Waals surface area contributed by atoms with Crippen LogP contribution in [-0.4, -0.2) is 50.9 Å². The molecule has 0 saturated heterocycles. The summed E-state index contributed by atoms with van der Waals surface area (Å²) in [6.07, 6.45) is -0.947. The number of carboxylic acids is 1. The fraction of sp³-hybridized carbons (Fsp3) is 0.583. The molecule has 0 aliphatic heterocycles. The summed E-state index contributed by atoms with van der Waals surface area (Å²) in [5.74, 6) is -1.85. The lowest BCUT2D eigenvalue weighted by Gasteiger charge is -2.14. The van der Waals surface area contributed by atoms with Crippen LogP contribution >= 0.6 is 0 Å². The van der Waals surface area contributed by atoms with Gasteiger partial charge in [0.25, 0.3) is 0 Å². The molecule has 1 aromatic heterocycles. The quantitative estimate of drug-likeness (QED) is 0.296. The molecule has 0 aliphatic carbocycles. The van der Waals surface area contributed by atoms with Gasteiger partial charge in [-0.2, -0.15) is 4.98 Å². The maximum Gasteiger partial charge on any atom is 0.323 e. The Labute approximate surface area is 136 Å². The normalized spacial score (nSPS) is 14.5. The predicted molar refractivity (Wildman–Crippen MR) is 78.2 cm³/mol. The van der Waals surface area contributed by atoms with Crippen molar-refractivity contribution in [3.63, 3.8) is 0 Å². The number of aliphatic hydroxyl groups is 1. The number of aliphatic carboxylic acids is 1. The Hall–Kier alpha value is -2.73. The van der Waals surface area contributed by atoms with E-state index >= 15 is 0 Å². The lowest BCUT2D eigenvalue weighted by Crippen LogP contribution is -2.40. The van der Waals surface area contributed by atoms with Crippen molar-refractivity contribution in [1.82, 2.24) is 20.8 Å². The highest BCUT2D eigenvalue weighted by Gasteiger charge is 2.25. The molecule has 1 aromatic rings. The van der Waals surface area contributed by atoms with Crippen LogP contribution in [0.3, 0.4) is 0 Å². The number of nitrogens with one attached hydrogen (secondary N) is 2. The molecule has 1 unspecified atom stereocenters. The molecule has 0 aromatic carbocycles. The van der Waals surface area contributed by atoms with Crippen LogP contribution in [0.2, 0.25) is 0 Å². The number of aliphatic hydroxyl groups excluding tert-OH is 1. The minimum Gasteiger partial charge on any atom is -0.480 e. The third-order valence-electron chi connectivity index (χ3n) is 2.96. The number of nitrogens with two attached hydrogens (primary N) is 2. The summed E-state index contributed by atoms with van der Waals surface area (Å²) in [6, 6.07) is -2.57. The first-order valence-electron chi connectivity index (χ1n) is 7.02. The number of carbonyl (C=O) groups is 3. The van der Waals surface area contributed by atoms with Crippen molar-refractivity contribution >= 4 is 17.9 Å². The smallest absolute Gasteiger partial charge is 0.323 e. The molecule has 0 saturated carbocycles. The Morgan fingerprint density at radius 2 is 2.04 bits per heavy atom. The molecule has 1 heterocycles. The lowest BCUT2D eigenvalue weighted by molar-refractivity contribution is -0.135. The van der Waals surface area contributed by atoms with Gasteiger partial charge in [-0.1, -0.05) is 5.16 Å². The minimum atomic E-state index is -1.22. The molecular formula is C12H20N6O6. The molecule has 0 fully saturated rings. The second-order valence-electron chi connectivity index (χ2n) is 5.04. The van der Waals surface area contributed by atoms with Crippen LogP contribution in [0.1, 0.15) is 43.6 Å². The predicted octanol–water partition coefficient (Wildman–Crippen LogP) is -1.86. The molecule has 0 spiro atoms. The summed E-state index contributed by atoms with van der Waals surface area (Å²) in [5, 5.41) is 26.1. The Bertz CT molecular complexity index is 588. The Morgan fingerprint density at radius 3 is 2.58 bits per heavy atom. The van der Waals surface area contributed by atoms with Crippen molar-refractivity contribution in [2.24, 2.45) is 11.5 Å². The highest BCUT2D eigenvalue weighted by atomic mass is 16.5. The summed E-state index contributed by atoms with van der Waals surface area (Å²) in [5.41, 5.74) is 10.8. The molecule has 12 nitrogen and oxygen atoms in total. The summed E-state index contributed by atoms with van der Waals surface area (Å²) in [7, 11) is 0. The molecule has 0 radical (unpaired) electrons. The first kappa shape index (κ1) is 19.3. The van der Waals surface area contributed by atoms with Gasteiger partial charge in [0, 0.05) is 6.42 Å². The molecule has 12 heteroatoms. The van der Waals surface area contributed by atoms with Crippen LogP contribution < -0.4 is 22.1 Å². The van der Waals surface area contributed by atoms with E-state index in [-0.39, 0.29) is 24.6 Å². The van der Waals surface area contributed by atoms with E-state index in [1.807, 2.05) is 0 Å². The highest BCUT2D eigenvalue weighted by molar-refractivity contribution is 5.80. The molecule has 24 heavy (non-hydrogen) atoms. The van der Waals surface area contributed by atoms with Gasteiger partial charge in [0.05, 0.1) is 12.1 Å². The summed E-state index contributed by atoms with van der Waals surface area (Å²) >= 11 is 0. The second kappa shape index (κ2) is 8.79. The summed E-state index contributed by atoms with van der Waals surface area (Å²) < 4.78 is 4.99. The van der Waals surface area contributed by atoms with Gasteiger partial charge in [-0.25, -0.2) is 4.79 Å². The van der Waals surface area contributed by atoms with Crippen molar-refractivity contribution < 1.29 is 29.1 Å². The van der Waals surface area contributed by atoms with E-state index in [2.05, 4.69) is 20.8 Å². The van der Waals surface area contributed by atoms with Crippen molar-refractivity contribution in [2.75, 3.05) is 6.54 Å². The molecular weight excluding hydrogens is 324 g/mol. The number of carbonyl (C=O) groups excluding carboxylic acids is 2. The van der Waals surface area contributed by atoms with E-state index in [0.29, 0.717) is 0 Å². The van der Waals surface area contributed by atoms with Crippen molar-refractivity contribution in [1.29, 1.82) is 0 Å². The van der Waals surface area contributed by atoms with E-state index in [1.165, 1.54) is 6.92 Å². The van der Waals surface area contributed by atoms with Crippen LogP contribution in [0.25, 0.3) is 0 Å². The lowest BCUT2D eigenvalue weighted by atomic mass is 10.1. The Morgan fingerprint density at radius 1 is 1.38 bits per heavy atom. The molecule has 0 bridgehead atoms. The number of primary amides is 1. The van der Waals surface area contributed by atoms with E-state index in [4.69, 9.17) is 21.1 Å². The van der Waals surface area contributed by atoms with Gasteiger partial charge in [0.15, 0.2) is 5.82 Å². The largest absolute Gasteiger partial charge is 0.480 e. The Kier molecular flexibility index (Phi) is 7.07. The fourth-order valence-corrected chi connectivity index (χ4v) is 1.65. The summed E-state index contributed by atoms with van der Waals surface area (Å²) in [6.45, 7) is 0.860. The van der Waals surface area contributed by atoms with Gasteiger partial charge in [-0.3, -0.25) is 9.59 Å². The number of aromatic nitrogens is 2. The molecule has 134 valence electrons. The van der Waals surface area contributed by atoms with Gasteiger partial charge < -0.3 is 36.8 Å². The standard InChI is InChI=1S/C12H20N6O6/c1-5(19)9(14)10-17-11(24-18-10)6(2-3-7(13)20)16-12(23)15-4-8(21)22/h5-6,9,19H,2-4,14H2,1H3,(H2,13,20)(H,21,22)(H2,15,16,23)/t5?,6-,9-/m0/s1. The third kappa shape index (κ3) is 6.18. The zero-order chi connectivity index (χ0) is 18.3. The first-order chi connectivity index (χ1) is 11.2. The monoisotopic (exact) mass is 344 g/mol. The maximum atomic E-state index is 11.7. The number of rotatable bonds is 9. The molecule has 3 atom stereocenters. The number of amides is 3. The minimum absolute atomic E-state index is 0.0248. The molecule has 8 N–H and O–H groups in total. The van der Waals surface area contributed by atoms with E-state index < -0.39 is 42.6 Å². The van der Waals surface area contributed by atoms with E-state index in [1.54, 1.807) is 0 Å². The second-order valence-corrected chi connectivity index (χ2v) is 5.04. The van der Waals surface area contributed by atoms with Crippen molar-refractivity contribution in [3.8, 4) is 0 Å². The first-order valence-corrected chi connectivity index (χ1v) is 7.02. The van der Waals surface area contributed by atoms with Crippen LogP contribution in [-0.2, 0) is 9.59 Å². The summed E-state index contributed by atoms with van der Waals surface area (Å²) in [4.78, 5) is 37.0. The third-order valence-corrected chi connectivity index (χ3v) is 2.96. The van der Waals surface area contributed by atoms with Crippen molar-refractivity contribution in [2.45, 2.75) is 38.0 Å². The topological polar surface area (TPSA) is 207 Å². The average Bonchev–Trinajstić information content (AvgIpc) is 2.97. The number of urea groups is 1. The van der Waals surface area contributed by atoms with E-state index in [0.717, 1.165) is 0 Å². The number of hydrogen-bond donors (Lipinski definition) is 6.